The molecule has 1 aromatic heterocycles. The molecule has 0 saturated carbocycles. The number of amides is 3. The van der Waals surface area contributed by atoms with E-state index in [9.17, 15) is 14.7 Å². The summed E-state index contributed by atoms with van der Waals surface area (Å²) >= 11 is 0. The third-order valence-electron chi connectivity index (χ3n) is 5.85. The average Bonchev–Trinajstić information content (AvgIpc) is 3.11. The van der Waals surface area contributed by atoms with Crippen LogP contribution in [0.15, 0.2) is 22.7 Å². The summed E-state index contributed by atoms with van der Waals surface area (Å²) in [6, 6.07) is 4.50. The minimum absolute atomic E-state index is 0.0416. The second kappa shape index (κ2) is 10.7. The lowest BCUT2D eigenvalue weighted by Crippen LogP contribution is -2.47. The van der Waals surface area contributed by atoms with Crippen molar-refractivity contribution in [2.24, 2.45) is 5.92 Å². The van der Waals surface area contributed by atoms with Crippen LogP contribution < -0.4 is 20.7 Å². The number of aromatic nitrogens is 1. The number of fused-ring (bicyclic) bond motifs is 1. The smallest absolute Gasteiger partial charge is 0.323 e. The van der Waals surface area contributed by atoms with Gasteiger partial charge in [0.15, 0.2) is 5.76 Å². The van der Waals surface area contributed by atoms with Crippen molar-refractivity contribution in [2.45, 2.75) is 46.3 Å². The molecule has 10 heteroatoms. The Hall–Kier alpha value is -3.11. The summed E-state index contributed by atoms with van der Waals surface area (Å²) in [5.74, 6) is 1.06. The van der Waals surface area contributed by atoms with Crippen molar-refractivity contribution in [1.29, 1.82) is 0 Å². The zero-order chi connectivity index (χ0) is 24.1. The summed E-state index contributed by atoms with van der Waals surface area (Å²) in [4.78, 5) is 27.4. The van der Waals surface area contributed by atoms with Crippen molar-refractivity contribution in [3.63, 3.8) is 0 Å². The average molecular weight is 460 g/mol. The van der Waals surface area contributed by atoms with E-state index >= 15 is 0 Å². The first-order valence-corrected chi connectivity index (χ1v) is 11.1. The number of carbonyl (C=O) groups excluding carboxylic acids is 2. The lowest BCUT2D eigenvalue weighted by Gasteiger charge is -2.32. The van der Waals surface area contributed by atoms with Gasteiger partial charge in [-0.3, -0.25) is 4.79 Å². The number of ether oxygens (including phenoxy) is 1. The molecular weight excluding hydrogens is 426 g/mol. The van der Waals surface area contributed by atoms with Crippen LogP contribution in [0.2, 0.25) is 0 Å². The minimum Gasteiger partial charge on any atom is -0.488 e. The molecule has 33 heavy (non-hydrogen) atoms. The highest BCUT2D eigenvalue weighted by atomic mass is 16.5. The van der Waals surface area contributed by atoms with E-state index < -0.39 is 6.03 Å². The highest BCUT2D eigenvalue weighted by Crippen LogP contribution is 2.29. The van der Waals surface area contributed by atoms with E-state index in [1.807, 2.05) is 20.9 Å². The van der Waals surface area contributed by atoms with Crippen molar-refractivity contribution in [1.82, 2.24) is 15.4 Å². The molecule has 3 amide bonds. The van der Waals surface area contributed by atoms with Gasteiger partial charge in [0.2, 0.25) is 5.91 Å². The minimum atomic E-state index is -0.447. The molecule has 10 nitrogen and oxygen atoms in total. The fraction of sp³-hybridized carbons (Fsp3) is 0.522. The summed E-state index contributed by atoms with van der Waals surface area (Å²) in [7, 11) is 1.85. The highest BCUT2D eigenvalue weighted by molar-refractivity contribution is 6.00. The Balaban J connectivity index is 1.86. The van der Waals surface area contributed by atoms with Gasteiger partial charge in [-0.2, -0.15) is 0 Å². The normalized spacial score (nSPS) is 19.6. The van der Waals surface area contributed by atoms with Crippen LogP contribution in [-0.2, 0) is 11.2 Å². The molecule has 2 aromatic rings. The Morgan fingerprint density at radius 3 is 2.73 bits per heavy atom. The number of hydrogen-bond donors (Lipinski definition) is 4. The van der Waals surface area contributed by atoms with Gasteiger partial charge in [0, 0.05) is 30.3 Å². The third kappa shape index (κ3) is 5.82. The van der Waals surface area contributed by atoms with Gasteiger partial charge in [-0.25, -0.2) is 4.79 Å². The fourth-order valence-electron chi connectivity index (χ4n) is 3.89. The molecule has 0 spiro atoms. The second-order valence-corrected chi connectivity index (χ2v) is 8.55. The van der Waals surface area contributed by atoms with Crippen LogP contribution in [0.5, 0.6) is 5.75 Å². The van der Waals surface area contributed by atoms with Crippen LogP contribution in [0.3, 0.4) is 0 Å². The molecule has 1 aliphatic heterocycles. The first-order valence-electron chi connectivity index (χ1n) is 11.1. The number of hydrogen-bond acceptors (Lipinski definition) is 7. The summed E-state index contributed by atoms with van der Waals surface area (Å²) in [5.41, 5.74) is 2.29. The Labute approximate surface area is 193 Å². The quantitative estimate of drug-likeness (QED) is 0.522. The molecule has 3 atom stereocenters. The van der Waals surface area contributed by atoms with Crippen molar-refractivity contribution in [3.05, 3.63) is 35.2 Å². The van der Waals surface area contributed by atoms with Gasteiger partial charge >= 0.3 is 6.03 Å². The molecule has 1 aliphatic rings. The van der Waals surface area contributed by atoms with E-state index in [1.54, 1.807) is 36.9 Å². The number of urea groups is 1. The summed E-state index contributed by atoms with van der Waals surface area (Å²) in [6.07, 6.45) is -0.0747. The van der Waals surface area contributed by atoms with Crippen LogP contribution in [0.4, 0.5) is 16.2 Å². The van der Waals surface area contributed by atoms with Crippen LogP contribution in [-0.4, -0.2) is 66.0 Å². The SMILES string of the molecule is CNC[C@@H]1Oc2ccc(NC(=O)Nc3c(C)noc3C)cc2CC(=O)N([C@@H](C)CO)C[C@@H]1C. The van der Waals surface area contributed by atoms with Crippen LogP contribution >= 0.6 is 0 Å². The van der Waals surface area contributed by atoms with E-state index in [4.69, 9.17) is 9.26 Å². The second-order valence-electron chi connectivity index (χ2n) is 8.55. The van der Waals surface area contributed by atoms with Gasteiger partial charge in [0.05, 0.1) is 19.1 Å². The van der Waals surface area contributed by atoms with E-state index in [1.165, 1.54) is 0 Å². The number of aliphatic hydroxyl groups is 1. The molecule has 0 aliphatic carbocycles. The fourth-order valence-corrected chi connectivity index (χ4v) is 3.89. The molecule has 2 heterocycles. The number of aryl methyl sites for hydroxylation is 2. The molecule has 0 unspecified atom stereocenters. The lowest BCUT2D eigenvalue weighted by molar-refractivity contribution is -0.134. The summed E-state index contributed by atoms with van der Waals surface area (Å²) in [6.45, 7) is 8.29. The maximum atomic E-state index is 13.1. The number of aliphatic hydroxyl groups excluding tert-OH is 1. The Morgan fingerprint density at radius 2 is 2.09 bits per heavy atom. The van der Waals surface area contributed by atoms with Crippen LogP contribution in [0.25, 0.3) is 0 Å². The van der Waals surface area contributed by atoms with Gasteiger partial charge in [0.25, 0.3) is 0 Å². The topological polar surface area (TPSA) is 129 Å². The molecule has 0 radical (unpaired) electrons. The molecule has 0 fully saturated rings. The zero-order valence-electron chi connectivity index (χ0n) is 19.8. The van der Waals surface area contributed by atoms with E-state index in [2.05, 4.69) is 21.1 Å². The number of rotatable bonds is 6. The maximum absolute atomic E-state index is 13.1. The molecule has 3 rings (SSSR count). The standard InChI is InChI=1S/C23H33N5O5/c1-13-11-28(14(2)12-29)21(30)9-17-8-18(6-7-19(17)32-20(13)10-24-5)25-23(31)26-22-15(3)27-33-16(22)4/h6-8,13-14,20,24,29H,9-12H2,1-5H3,(H2,25,26,31)/t13-,14-,20-/m0/s1. The molecule has 0 bridgehead atoms. The van der Waals surface area contributed by atoms with Gasteiger partial charge in [-0.15, -0.1) is 0 Å². The molecule has 1 aromatic carbocycles. The number of nitrogens with one attached hydrogen (secondary N) is 3. The van der Waals surface area contributed by atoms with Gasteiger partial charge in [0.1, 0.15) is 23.2 Å². The van der Waals surface area contributed by atoms with E-state index in [0.717, 1.165) is 0 Å². The first kappa shape index (κ1) is 24.5. The number of carbonyl (C=O) groups is 2. The third-order valence-corrected chi connectivity index (χ3v) is 5.85. The Morgan fingerprint density at radius 1 is 1.33 bits per heavy atom. The number of nitrogens with zero attached hydrogens (tertiary/aromatic N) is 2. The van der Waals surface area contributed by atoms with Crippen molar-refractivity contribution < 1.29 is 24.0 Å². The van der Waals surface area contributed by atoms with Crippen molar-refractivity contribution >= 4 is 23.3 Å². The van der Waals surface area contributed by atoms with E-state index in [-0.39, 0.29) is 37.0 Å². The highest BCUT2D eigenvalue weighted by Gasteiger charge is 2.30. The molecule has 180 valence electrons. The largest absolute Gasteiger partial charge is 0.488 e. The monoisotopic (exact) mass is 459 g/mol. The molecular formula is C23H33N5O5. The number of anilines is 2. The Kier molecular flexibility index (Phi) is 7.93. The van der Waals surface area contributed by atoms with Crippen molar-refractivity contribution in [2.75, 3.05) is 37.4 Å². The Bertz CT molecular complexity index is 972. The van der Waals surface area contributed by atoms with Gasteiger partial charge in [-0.05, 0) is 46.0 Å². The van der Waals surface area contributed by atoms with Crippen LogP contribution in [0, 0.1) is 19.8 Å². The molecule has 0 saturated heterocycles. The van der Waals surface area contributed by atoms with Gasteiger partial charge < -0.3 is 35.2 Å². The maximum Gasteiger partial charge on any atom is 0.323 e. The predicted octanol–water partition coefficient (Wildman–Crippen LogP) is 2.30. The van der Waals surface area contributed by atoms with Gasteiger partial charge in [-0.1, -0.05) is 12.1 Å². The van der Waals surface area contributed by atoms with Crippen LogP contribution in [0.1, 0.15) is 30.9 Å². The summed E-state index contributed by atoms with van der Waals surface area (Å²) < 4.78 is 11.4. The summed E-state index contributed by atoms with van der Waals surface area (Å²) in [5, 5.41) is 22.2. The number of benzene rings is 1. The number of likely N-dealkylation sites (N-methyl/N-ethyl adjacent to an activating group) is 1. The van der Waals surface area contributed by atoms with E-state index in [0.29, 0.717) is 47.2 Å². The molecule has 4 N–H and O–H groups in total. The zero-order valence-corrected chi connectivity index (χ0v) is 19.8. The first-order chi connectivity index (χ1) is 15.7. The van der Waals surface area contributed by atoms with Crippen molar-refractivity contribution in [3.8, 4) is 5.75 Å². The predicted molar refractivity (Wildman–Crippen MR) is 125 cm³/mol. The lowest BCUT2D eigenvalue weighted by atomic mass is 10.0.